The van der Waals surface area contributed by atoms with Gasteiger partial charge in [0, 0.05) is 29.9 Å². The van der Waals surface area contributed by atoms with Gasteiger partial charge in [0.1, 0.15) is 0 Å². The van der Waals surface area contributed by atoms with Crippen molar-refractivity contribution in [2.45, 2.75) is 26.2 Å². The molecule has 0 atom stereocenters. The van der Waals surface area contributed by atoms with Crippen LogP contribution in [0, 0.1) is 11.3 Å². The topological polar surface area (TPSA) is 73.2 Å². The number of benzene rings is 2. The standard InChI is InChI=1S/C20H19N3O2/c1-2-11-23-18-9-8-17(12-16(18)7-10-19(23)24)22-20(25)15-5-3-14(13-21)4-6-15/h3-6,8-9,12H,2,7,10-11H2,1H3,(H,22,25). The minimum atomic E-state index is -0.221. The SMILES string of the molecule is CCCN1C(=O)CCc2cc(NC(=O)c3ccc(C#N)cc3)ccc21. The third kappa shape index (κ3) is 3.53. The number of rotatable bonds is 4. The summed E-state index contributed by atoms with van der Waals surface area (Å²) < 4.78 is 0. The van der Waals surface area contributed by atoms with E-state index in [-0.39, 0.29) is 11.8 Å². The first-order chi connectivity index (χ1) is 12.1. The van der Waals surface area contributed by atoms with E-state index in [1.807, 2.05) is 36.1 Å². The van der Waals surface area contributed by atoms with Crippen LogP contribution in [-0.4, -0.2) is 18.4 Å². The first kappa shape index (κ1) is 16.7. The van der Waals surface area contributed by atoms with Crippen molar-refractivity contribution in [3.8, 4) is 6.07 Å². The molecule has 1 aliphatic heterocycles. The maximum Gasteiger partial charge on any atom is 0.255 e. The highest BCUT2D eigenvalue weighted by Gasteiger charge is 2.23. The van der Waals surface area contributed by atoms with Crippen LogP contribution in [0.2, 0.25) is 0 Å². The second-order valence-electron chi connectivity index (χ2n) is 6.03. The molecule has 2 aromatic rings. The molecule has 1 aliphatic rings. The number of amides is 2. The predicted octanol–water partition coefficient (Wildman–Crippen LogP) is 3.50. The normalized spacial score (nSPS) is 13.1. The minimum absolute atomic E-state index is 0.156. The molecule has 126 valence electrons. The number of anilines is 2. The van der Waals surface area contributed by atoms with Gasteiger partial charge in [0.05, 0.1) is 11.6 Å². The van der Waals surface area contributed by atoms with Gasteiger partial charge in [-0.1, -0.05) is 6.92 Å². The third-order valence-corrected chi connectivity index (χ3v) is 4.26. The van der Waals surface area contributed by atoms with Gasteiger partial charge in [-0.25, -0.2) is 0 Å². The van der Waals surface area contributed by atoms with E-state index in [4.69, 9.17) is 5.26 Å². The van der Waals surface area contributed by atoms with Gasteiger partial charge in [-0.3, -0.25) is 9.59 Å². The number of aryl methyl sites for hydroxylation is 1. The highest BCUT2D eigenvalue weighted by atomic mass is 16.2. The van der Waals surface area contributed by atoms with Gasteiger partial charge in [0.2, 0.25) is 5.91 Å². The highest BCUT2D eigenvalue weighted by Crippen LogP contribution is 2.30. The van der Waals surface area contributed by atoms with E-state index < -0.39 is 0 Å². The Labute approximate surface area is 146 Å². The average Bonchev–Trinajstić information content (AvgIpc) is 2.64. The van der Waals surface area contributed by atoms with Crippen LogP contribution in [-0.2, 0) is 11.2 Å². The number of hydrogen-bond acceptors (Lipinski definition) is 3. The lowest BCUT2D eigenvalue weighted by Crippen LogP contribution is -2.35. The van der Waals surface area contributed by atoms with Crippen molar-refractivity contribution in [2.75, 3.05) is 16.8 Å². The summed E-state index contributed by atoms with van der Waals surface area (Å²) in [6, 6.07) is 14.2. The van der Waals surface area contributed by atoms with Crippen LogP contribution in [0.15, 0.2) is 42.5 Å². The fourth-order valence-corrected chi connectivity index (χ4v) is 3.01. The quantitative estimate of drug-likeness (QED) is 0.930. The Balaban J connectivity index is 1.79. The summed E-state index contributed by atoms with van der Waals surface area (Å²) in [5.41, 5.74) is 3.74. The zero-order chi connectivity index (χ0) is 17.8. The van der Waals surface area contributed by atoms with Crippen molar-refractivity contribution in [1.29, 1.82) is 5.26 Å². The average molecular weight is 333 g/mol. The molecule has 5 heteroatoms. The molecule has 0 spiro atoms. The summed E-state index contributed by atoms with van der Waals surface area (Å²) in [6.07, 6.45) is 2.09. The summed E-state index contributed by atoms with van der Waals surface area (Å²) in [7, 11) is 0. The summed E-state index contributed by atoms with van der Waals surface area (Å²) in [5, 5.41) is 11.7. The summed E-state index contributed by atoms with van der Waals surface area (Å²) >= 11 is 0. The largest absolute Gasteiger partial charge is 0.322 e. The van der Waals surface area contributed by atoms with Crippen LogP contribution in [0.1, 0.15) is 41.3 Å². The number of hydrogen-bond donors (Lipinski definition) is 1. The van der Waals surface area contributed by atoms with Gasteiger partial charge in [0.25, 0.3) is 5.91 Å². The fourth-order valence-electron chi connectivity index (χ4n) is 3.01. The van der Waals surface area contributed by atoms with Crippen molar-refractivity contribution in [1.82, 2.24) is 0 Å². The van der Waals surface area contributed by atoms with Gasteiger partial charge in [-0.2, -0.15) is 5.26 Å². The van der Waals surface area contributed by atoms with Gasteiger partial charge in [-0.05, 0) is 60.9 Å². The first-order valence-electron chi connectivity index (χ1n) is 8.37. The molecule has 0 fully saturated rings. The Morgan fingerprint density at radius 1 is 1.20 bits per heavy atom. The molecule has 1 heterocycles. The van der Waals surface area contributed by atoms with E-state index in [1.54, 1.807) is 24.3 Å². The number of carbonyl (C=O) groups excluding carboxylic acids is 2. The predicted molar refractivity (Wildman–Crippen MR) is 96.5 cm³/mol. The minimum Gasteiger partial charge on any atom is -0.322 e. The van der Waals surface area contributed by atoms with E-state index in [9.17, 15) is 9.59 Å². The Bertz CT molecular complexity index is 850. The number of nitrogens with one attached hydrogen (secondary N) is 1. The lowest BCUT2D eigenvalue weighted by atomic mass is 10.00. The Morgan fingerprint density at radius 3 is 2.64 bits per heavy atom. The highest BCUT2D eigenvalue weighted by molar-refractivity contribution is 6.04. The fraction of sp³-hybridized carbons (Fsp3) is 0.250. The molecule has 0 radical (unpaired) electrons. The second kappa shape index (κ2) is 7.18. The van der Waals surface area contributed by atoms with Crippen molar-refractivity contribution in [3.05, 3.63) is 59.2 Å². The molecule has 2 amide bonds. The van der Waals surface area contributed by atoms with Gasteiger partial charge in [0.15, 0.2) is 0 Å². The molecule has 1 N–H and O–H groups in total. The van der Waals surface area contributed by atoms with Crippen LogP contribution in [0.3, 0.4) is 0 Å². The number of carbonyl (C=O) groups is 2. The summed E-state index contributed by atoms with van der Waals surface area (Å²) in [5.74, 6) is -0.0644. The zero-order valence-electron chi connectivity index (χ0n) is 14.1. The van der Waals surface area contributed by atoms with Crippen LogP contribution < -0.4 is 10.2 Å². The van der Waals surface area contributed by atoms with Crippen LogP contribution in [0.4, 0.5) is 11.4 Å². The molecule has 5 nitrogen and oxygen atoms in total. The van der Waals surface area contributed by atoms with Crippen LogP contribution in [0.5, 0.6) is 0 Å². The summed E-state index contributed by atoms with van der Waals surface area (Å²) in [6.45, 7) is 2.76. The van der Waals surface area contributed by atoms with E-state index in [0.717, 1.165) is 17.7 Å². The Hall–Kier alpha value is -3.13. The lowest BCUT2D eigenvalue weighted by molar-refractivity contribution is -0.118. The van der Waals surface area contributed by atoms with E-state index in [2.05, 4.69) is 5.32 Å². The molecular weight excluding hydrogens is 314 g/mol. The summed E-state index contributed by atoms with van der Waals surface area (Å²) in [4.78, 5) is 26.2. The molecule has 0 bridgehead atoms. The van der Waals surface area contributed by atoms with Crippen molar-refractivity contribution in [3.63, 3.8) is 0 Å². The molecule has 0 saturated heterocycles. The number of nitrogens with zero attached hydrogens (tertiary/aromatic N) is 2. The molecule has 3 rings (SSSR count). The molecular formula is C20H19N3O2. The number of fused-ring (bicyclic) bond motifs is 1. The monoisotopic (exact) mass is 333 g/mol. The maximum atomic E-state index is 12.3. The van der Waals surface area contributed by atoms with Crippen LogP contribution >= 0.6 is 0 Å². The molecule has 0 unspecified atom stereocenters. The molecule has 2 aromatic carbocycles. The Kier molecular flexibility index (Phi) is 4.80. The molecule has 0 saturated carbocycles. The van der Waals surface area contributed by atoms with Gasteiger partial charge >= 0.3 is 0 Å². The lowest BCUT2D eigenvalue weighted by Gasteiger charge is -2.29. The first-order valence-corrected chi connectivity index (χ1v) is 8.37. The third-order valence-electron chi connectivity index (χ3n) is 4.26. The number of nitriles is 1. The van der Waals surface area contributed by atoms with Gasteiger partial charge in [-0.15, -0.1) is 0 Å². The smallest absolute Gasteiger partial charge is 0.255 e. The van der Waals surface area contributed by atoms with Crippen LogP contribution in [0.25, 0.3) is 0 Å². The maximum absolute atomic E-state index is 12.3. The van der Waals surface area contributed by atoms with Crippen molar-refractivity contribution >= 4 is 23.2 Å². The van der Waals surface area contributed by atoms with Crippen molar-refractivity contribution < 1.29 is 9.59 Å². The van der Waals surface area contributed by atoms with Crippen molar-refractivity contribution in [2.24, 2.45) is 0 Å². The van der Waals surface area contributed by atoms with E-state index in [0.29, 0.717) is 36.2 Å². The second-order valence-corrected chi connectivity index (χ2v) is 6.03. The van der Waals surface area contributed by atoms with Gasteiger partial charge < -0.3 is 10.2 Å². The zero-order valence-corrected chi connectivity index (χ0v) is 14.1. The Morgan fingerprint density at radius 2 is 1.96 bits per heavy atom. The van der Waals surface area contributed by atoms with E-state index >= 15 is 0 Å². The molecule has 25 heavy (non-hydrogen) atoms. The molecule has 0 aliphatic carbocycles. The molecule has 0 aromatic heterocycles. The van der Waals surface area contributed by atoms with E-state index in [1.165, 1.54) is 0 Å².